The summed E-state index contributed by atoms with van der Waals surface area (Å²) in [6, 6.07) is 9.85. The Labute approximate surface area is 202 Å². The Bertz CT molecular complexity index is 1140. The van der Waals surface area contributed by atoms with Crippen molar-refractivity contribution < 1.29 is 18.8 Å². The number of carbonyl (C=O) groups excluding carboxylic acids is 2. The highest BCUT2D eigenvalue weighted by Crippen LogP contribution is 2.40. The van der Waals surface area contributed by atoms with Gasteiger partial charge in [-0.25, -0.2) is 4.79 Å². The zero-order valence-electron chi connectivity index (χ0n) is 19.7. The lowest BCUT2D eigenvalue weighted by Gasteiger charge is -2.33. The van der Waals surface area contributed by atoms with Crippen molar-refractivity contribution in [3.05, 3.63) is 53.2 Å². The molecule has 0 atom stereocenters. The number of nitrogens with zero attached hydrogens (tertiary/aromatic N) is 4. The Morgan fingerprint density at radius 3 is 2.47 bits per heavy atom. The molecule has 1 aliphatic rings. The highest BCUT2D eigenvalue weighted by molar-refractivity contribution is 7.20. The van der Waals surface area contributed by atoms with Gasteiger partial charge in [0.05, 0.1) is 25.3 Å². The Kier molecular flexibility index (Phi) is 7.71. The van der Waals surface area contributed by atoms with Gasteiger partial charge in [0, 0.05) is 31.1 Å². The second-order valence-electron chi connectivity index (χ2n) is 8.18. The van der Waals surface area contributed by atoms with Crippen LogP contribution in [0.25, 0.3) is 10.4 Å². The molecule has 0 saturated carbocycles. The number of ether oxygens (including phenoxy) is 1. The SMILES string of the molecule is CCOC(=O)c1c(NC(=O)CN2CCN(Cc3nc(C)no3)CC2)sc(-c2ccccc2)c1C. The van der Waals surface area contributed by atoms with Gasteiger partial charge >= 0.3 is 5.97 Å². The number of rotatable bonds is 8. The summed E-state index contributed by atoms with van der Waals surface area (Å²) in [4.78, 5) is 35.1. The zero-order valence-corrected chi connectivity index (χ0v) is 20.5. The molecule has 9 nitrogen and oxygen atoms in total. The molecule has 3 heterocycles. The predicted molar refractivity (Wildman–Crippen MR) is 130 cm³/mol. The van der Waals surface area contributed by atoms with Crippen LogP contribution in [0.5, 0.6) is 0 Å². The van der Waals surface area contributed by atoms with Crippen LogP contribution in [0.3, 0.4) is 0 Å². The van der Waals surface area contributed by atoms with Crippen molar-refractivity contribution in [3.63, 3.8) is 0 Å². The number of hydrogen-bond donors (Lipinski definition) is 1. The first-order valence-electron chi connectivity index (χ1n) is 11.3. The van der Waals surface area contributed by atoms with Gasteiger partial charge in [-0.3, -0.25) is 14.6 Å². The standard InChI is InChI=1S/C24H29N5O4S/c1-4-32-24(31)21-16(2)22(18-8-6-5-7-9-18)34-23(21)26-19(30)14-28-10-12-29(13-11-28)15-20-25-17(3)27-33-20/h5-9H,4,10-15H2,1-3H3,(H,26,30). The molecule has 10 heteroatoms. The van der Waals surface area contributed by atoms with Gasteiger partial charge in [-0.05, 0) is 31.9 Å². The molecule has 2 aromatic heterocycles. The van der Waals surface area contributed by atoms with E-state index in [1.54, 1.807) is 13.8 Å². The molecule has 1 N–H and O–H groups in total. The molecular weight excluding hydrogens is 454 g/mol. The van der Waals surface area contributed by atoms with E-state index >= 15 is 0 Å². The molecule has 1 aliphatic heterocycles. The minimum atomic E-state index is -0.418. The van der Waals surface area contributed by atoms with E-state index in [0.29, 0.717) is 28.8 Å². The number of aryl methyl sites for hydroxylation is 1. The average molecular weight is 484 g/mol. The lowest BCUT2D eigenvalue weighted by molar-refractivity contribution is -0.117. The summed E-state index contributed by atoms with van der Waals surface area (Å²) in [7, 11) is 0. The van der Waals surface area contributed by atoms with Crippen LogP contribution < -0.4 is 5.32 Å². The maximum atomic E-state index is 12.9. The maximum absolute atomic E-state index is 12.9. The molecule has 1 saturated heterocycles. The normalized spacial score (nSPS) is 14.8. The van der Waals surface area contributed by atoms with Crippen LogP contribution in [0.15, 0.2) is 34.9 Å². The van der Waals surface area contributed by atoms with Crippen LogP contribution in [-0.4, -0.2) is 71.1 Å². The fraction of sp³-hybridized carbons (Fsp3) is 0.417. The summed E-state index contributed by atoms with van der Waals surface area (Å²) in [6.07, 6.45) is 0. The van der Waals surface area contributed by atoms with Crippen molar-refractivity contribution in [2.75, 3.05) is 44.6 Å². The number of hydrogen-bond acceptors (Lipinski definition) is 9. The number of aromatic nitrogens is 2. The highest BCUT2D eigenvalue weighted by atomic mass is 32.1. The van der Waals surface area contributed by atoms with Crippen molar-refractivity contribution in [2.45, 2.75) is 27.3 Å². The number of piperazine rings is 1. The molecule has 1 fully saturated rings. The largest absolute Gasteiger partial charge is 0.462 e. The Morgan fingerprint density at radius 1 is 1.12 bits per heavy atom. The fourth-order valence-electron chi connectivity index (χ4n) is 3.99. The molecule has 1 amide bonds. The van der Waals surface area contributed by atoms with Crippen LogP contribution in [0, 0.1) is 13.8 Å². The number of esters is 1. The van der Waals surface area contributed by atoms with Gasteiger partial charge in [0.1, 0.15) is 5.00 Å². The van der Waals surface area contributed by atoms with Crippen LogP contribution in [0.4, 0.5) is 5.00 Å². The molecule has 0 spiro atoms. The smallest absolute Gasteiger partial charge is 0.341 e. The zero-order chi connectivity index (χ0) is 24.1. The lowest BCUT2D eigenvalue weighted by atomic mass is 10.1. The van der Waals surface area contributed by atoms with Gasteiger partial charge in [0.2, 0.25) is 11.8 Å². The summed E-state index contributed by atoms with van der Waals surface area (Å²) >= 11 is 1.40. The van der Waals surface area contributed by atoms with Crippen molar-refractivity contribution >= 4 is 28.2 Å². The Hall–Kier alpha value is -3.08. The summed E-state index contributed by atoms with van der Waals surface area (Å²) in [5.41, 5.74) is 2.25. The molecule has 3 aromatic rings. The molecule has 0 bridgehead atoms. The van der Waals surface area contributed by atoms with E-state index in [-0.39, 0.29) is 19.1 Å². The van der Waals surface area contributed by atoms with Crippen molar-refractivity contribution in [3.8, 4) is 10.4 Å². The lowest BCUT2D eigenvalue weighted by Crippen LogP contribution is -2.48. The first-order chi connectivity index (χ1) is 16.4. The van der Waals surface area contributed by atoms with Crippen molar-refractivity contribution in [1.29, 1.82) is 0 Å². The Morgan fingerprint density at radius 2 is 1.82 bits per heavy atom. The second kappa shape index (κ2) is 10.9. The summed E-state index contributed by atoms with van der Waals surface area (Å²) < 4.78 is 10.5. The first-order valence-corrected chi connectivity index (χ1v) is 12.2. The van der Waals surface area contributed by atoms with Gasteiger partial charge in [0.15, 0.2) is 5.82 Å². The van der Waals surface area contributed by atoms with Gasteiger partial charge in [-0.2, -0.15) is 4.98 Å². The monoisotopic (exact) mass is 483 g/mol. The molecular formula is C24H29N5O4S. The minimum absolute atomic E-state index is 0.146. The summed E-state index contributed by atoms with van der Waals surface area (Å²) in [6.45, 7) is 9.73. The number of carbonyl (C=O) groups is 2. The van der Waals surface area contributed by atoms with Crippen LogP contribution in [0.1, 0.15) is 34.6 Å². The van der Waals surface area contributed by atoms with Crippen LogP contribution in [0.2, 0.25) is 0 Å². The average Bonchev–Trinajstić information content (AvgIpc) is 3.38. The summed E-state index contributed by atoms with van der Waals surface area (Å²) in [5.74, 6) is 0.676. The number of amides is 1. The number of thiophene rings is 1. The van der Waals surface area contributed by atoms with E-state index < -0.39 is 5.97 Å². The van der Waals surface area contributed by atoms with E-state index in [2.05, 4.69) is 25.3 Å². The second-order valence-corrected chi connectivity index (χ2v) is 9.20. The van der Waals surface area contributed by atoms with E-state index in [9.17, 15) is 9.59 Å². The molecule has 0 unspecified atom stereocenters. The number of nitrogens with one attached hydrogen (secondary N) is 1. The third kappa shape index (κ3) is 5.69. The van der Waals surface area contributed by atoms with Crippen molar-refractivity contribution in [1.82, 2.24) is 19.9 Å². The van der Waals surface area contributed by atoms with Gasteiger partial charge < -0.3 is 14.6 Å². The van der Waals surface area contributed by atoms with Gasteiger partial charge in [0.25, 0.3) is 0 Å². The third-order valence-corrected chi connectivity index (χ3v) is 6.93. The minimum Gasteiger partial charge on any atom is -0.462 e. The molecule has 34 heavy (non-hydrogen) atoms. The van der Waals surface area contributed by atoms with E-state index in [1.165, 1.54) is 11.3 Å². The first kappa shape index (κ1) is 24.1. The third-order valence-electron chi connectivity index (χ3n) is 5.68. The topological polar surface area (TPSA) is 101 Å². The maximum Gasteiger partial charge on any atom is 0.341 e. The van der Waals surface area contributed by atoms with E-state index in [4.69, 9.17) is 9.26 Å². The predicted octanol–water partition coefficient (Wildman–Crippen LogP) is 3.35. The van der Waals surface area contributed by atoms with Crippen LogP contribution >= 0.6 is 11.3 Å². The molecule has 180 valence electrons. The van der Waals surface area contributed by atoms with Gasteiger partial charge in [-0.1, -0.05) is 35.5 Å². The number of anilines is 1. The molecule has 0 aliphatic carbocycles. The van der Waals surface area contributed by atoms with Crippen LogP contribution in [-0.2, 0) is 16.1 Å². The molecule has 1 aromatic carbocycles. The van der Waals surface area contributed by atoms with E-state index in [1.807, 2.05) is 37.3 Å². The quantitative estimate of drug-likeness (QED) is 0.487. The molecule has 0 radical (unpaired) electrons. The highest BCUT2D eigenvalue weighted by Gasteiger charge is 2.26. The molecule has 4 rings (SSSR count). The fourth-order valence-corrected chi connectivity index (χ4v) is 5.20. The van der Waals surface area contributed by atoms with E-state index in [0.717, 1.165) is 42.2 Å². The summed E-state index contributed by atoms with van der Waals surface area (Å²) in [5, 5.41) is 7.33. The number of benzene rings is 1. The van der Waals surface area contributed by atoms with Gasteiger partial charge in [-0.15, -0.1) is 11.3 Å². The Balaban J connectivity index is 1.40. The van der Waals surface area contributed by atoms with Crippen molar-refractivity contribution in [2.24, 2.45) is 0 Å².